The van der Waals surface area contributed by atoms with E-state index in [-0.39, 0.29) is 18.1 Å². The summed E-state index contributed by atoms with van der Waals surface area (Å²) in [4.78, 5) is 17.4. The van der Waals surface area contributed by atoms with E-state index in [1.165, 1.54) is 32.1 Å². The van der Waals surface area contributed by atoms with Crippen LogP contribution in [0.15, 0.2) is 30.6 Å². The SMILES string of the molecule is C=C(CCc1ccc(CN[C@H](C(=O)OC2CCCC2)C2CCCCC2)cn1)NO. The van der Waals surface area contributed by atoms with Gasteiger partial charge in [-0.2, -0.15) is 0 Å². The van der Waals surface area contributed by atoms with Gasteiger partial charge in [-0.05, 0) is 68.9 Å². The van der Waals surface area contributed by atoms with E-state index in [2.05, 4.69) is 22.4 Å². The number of hydroxylamine groups is 1. The molecule has 2 aliphatic rings. The van der Waals surface area contributed by atoms with Crippen molar-refractivity contribution in [2.45, 2.75) is 89.3 Å². The summed E-state index contributed by atoms with van der Waals surface area (Å²) in [5.41, 5.74) is 4.66. The van der Waals surface area contributed by atoms with Gasteiger partial charge in [0, 0.05) is 24.1 Å². The molecule has 3 N–H and O–H groups in total. The van der Waals surface area contributed by atoms with E-state index >= 15 is 0 Å². The average molecular weight is 402 g/mol. The van der Waals surface area contributed by atoms with Crippen molar-refractivity contribution in [3.63, 3.8) is 0 Å². The van der Waals surface area contributed by atoms with E-state index in [9.17, 15) is 4.79 Å². The lowest BCUT2D eigenvalue weighted by molar-refractivity contribution is -0.153. The maximum atomic E-state index is 12.9. The molecule has 6 heteroatoms. The molecule has 0 amide bonds. The highest BCUT2D eigenvalue weighted by Crippen LogP contribution is 2.29. The van der Waals surface area contributed by atoms with Crippen LogP contribution in [0.1, 0.15) is 75.5 Å². The maximum Gasteiger partial charge on any atom is 0.323 e. The van der Waals surface area contributed by atoms with Gasteiger partial charge in [0.1, 0.15) is 12.1 Å². The van der Waals surface area contributed by atoms with Crippen molar-refractivity contribution in [1.82, 2.24) is 15.8 Å². The monoisotopic (exact) mass is 401 g/mol. The van der Waals surface area contributed by atoms with Crippen molar-refractivity contribution >= 4 is 5.97 Å². The highest BCUT2D eigenvalue weighted by molar-refractivity contribution is 5.76. The Kier molecular flexibility index (Phi) is 8.50. The fraction of sp³-hybridized carbons (Fsp3) is 0.652. The molecule has 2 fully saturated rings. The minimum Gasteiger partial charge on any atom is -0.461 e. The highest BCUT2D eigenvalue weighted by Gasteiger charge is 2.32. The van der Waals surface area contributed by atoms with Gasteiger partial charge >= 0.3 is 5.97 Å². The van der Waals surface area contributed by atoms with Gasteiger partial charge in [-0.1, -0.05) is 31.9 Å². The maximum absolute atomic E-state index is 12.9. The zero-order valence-corrected chi connectivity index (χ0v) is 17.4. The zero-order chi connectivity index (χ0) is 20.5. The Balaban J connectivity index is 1.55. The van der Waals surface area contributed by atoms with Crippen molar-refractivity contribution in [3.05, 3.63) is 41.9 Å². The number of carbonyl (C=O) groups excluding carboxylic acids is 1. The van der Waals surface area contributed by atoms with E-state index in [1.807, 2.05) is 18.3 Å². The number of rotatable bonds is 10. The summed E-state index contributed by atoms with van der Waals surface area (Å²) >= 11 is 0. The first-order chi connectivity index (χ1) is 14.2. The number of aromatic nitrogens is 1. The molecule has 2 saturated carbocycles. The minimum absolute atomic E-state index is 0.0663. The Bertz CT molecular complexity index is 650. The zero-order valence-electron chi connectivity index (χ0n) is 17.4. The van der Waals surface area contributed by atoms with Gasteiger partial charge in [-0.3, -0.25) is 20.5 Å². The quantitative estimate of drug-likeness (QED) is 0.405. The third-order valence-electron chi connectivity index (χ3n) is 6.21. The fourth-order valence-corrected chi connectivity index (χ4v) is 4.42. The van der Waals surface area contributed by atoms with Crippen LogP contribution < -0.4 is 10.8 Å². The Morgan fingerprint density at radius 2 is 1.90 bits per heavy atom. The standard InChI is InChI=1S/C23H35N3O3/c1-17(26-28)11-13-20-14-12-18(15-24-20)16-25-22(19-7-3-2-4-8-19)23(27)29-21-9-5-6-10-21/h12,14-15,19,21-22,25-26,28H,1-11,13,16H2/t22-/m0/s1. The summed E-state index contributed by atoms with van der Waals surface area (Å²) in [7, 11) is 0. The van der Waals surface area contributed by atoms with Crippen molar-refractivity contribution < 1.29 is 14.7 Å². The molecule has 0 bridgehead atoms. The predicted octanol–water partition coefficient (Wildman–Crippen LogP) is 4.03. The van der Waals surface area contributed by atoms with Gasteiger partial charge in [-0.25, -0.2) is 0 Å². The number of aryl methyl sites for hydroxylation is 1. The Labute approximate surface area is 174 Å². The van der Waals surface area contributed by atoms with Crippen LogP contribution in [-0.2, 0) is 22.5 Å². The number of allylic oxidation sites excluding steroid dienone is 1. The van der Waals surface area contributed by atoms with Crippen LogP contribution in [0.3, 0.4) is 0 Å². The molecule has 1 aromatic heterocycles. The molecule has 0 saturated heterocycles. The number of hydrogen-bond acceptors (Lipinski definition) is 6. The summed E-state index contributed by atoms with van der Waals surface area (Å²) < 4.78 is 5.85. The van der Waals surface area contributed by atoms with E-state index in [0.29, 0.717) is 24.6 Å². The van der Waals surface area contributed by atoms with Crippen LogP contribution in [0.5, 0.6) is 0 Å². The normalized spacial score (nSPS) is 19.1. The number of ether oxygens (including phenoxy) is 1. The van der Waals surface area contributed by atoms with Gasteiger partial charge in [0.2, 0.25) is 0 Å². The van der Waals surface area contributed by atoms with Crippen LogP contribution in [-0.4, -0.2) is 28.3 Å². The minimum atomic E-state index is -0.227. The topological polar surface area (TPSA) is 83.5 Å². The third kappa shape index (κ3) is 6.82. The van der Waals surface area contributed by atoms with Crippen molar-refractivity contribution in [2.24, 2.45) is 5.92 Å². The van der Waals surface area contributed by atoms with E-state index < -0.39 is 0 Å². The number of carbonyl (C=O) groups is 1. The summed E-state index contributed by atoms with van der Waals surface area (Å²) in [5.74, 6) is 0.297. The first-order valence-electron chi connectivity index (χ1n) is 11.1. The lowest BCUT2D eigenvalue weighted by Crippen LogP contribution is -2.45. The molecule has 160 valence electrons. The Morgan fingerprint density at radius 1 is 1.17 bits per heavy atom. The molecule has 0 spiro atoms. The molecule has 6 nitrogen and oxygen atoms in total. The first kappa shape index (κ1) is 21.8. The molecule has 0 unspecified atom stereocenters. The smallest absolute Gasteiger partial charge is 0.323 e. The molecule has 0 radical (unpaired) electrons. The number of hydrogen-bond donors (Lipinski definition) is 3. The Morgan fingerprint density at radius 3 is 2.55 bits per heavy atom. The molecule has 29 heavy (non-hydrogen) atoms. The van der Waals surface area contributed by atoms with E-state index in [1.54, 1.807) is 0 Å². The molecule has 2 aliphatic carbocycles. The van der Waals surface area contributed by atoms with Crippen LogP contribution >= 0.6 is 0 Å². The van der Waals surface area contributed by atoms with E-state index in [0.717, 1.165) is 43.4 Å². The molecular formula is C23H35N3O3. The lowest BCUT2D eigenvalue weighted by atomic mass is 9.83. The van der Waals surface area contributed by atoms with Crippen molar-refractivity contribution in [1.29, 1.82) is 0 Å². The number of esters is 1. The summed E-state index contributed by atoms with van der Waals surface area (Å²) in [6.07, 6.45) is 13.5. The van der Waals surface area contributed by atoms with Crippen LogP contribution in [0.4, 0.5) is 0 Å². The molecule has 1 atom stereocenters. The average Bonchev–Trinajstić information content (AvgIpc) is 3.26. The number of nitrogens with one attached hydrogen (secondary N) is 2. The second-order valence-electron chi connectivity index (χ2n) is 8.47. The predicted molar refractivity (Wildman–Crippen MR) is 112 cm³/mol. The van der Waals surface area contributed by atoms with Crippen molar-refractivity contribution in [2.75, 3.05) is 0 Å². The van der Waals surface area contributed by atoms with Crippen LogP contribution in [0.25, 0.3) is 0 Å². The van der Waals surface area contributed by atoms with Gasteiger partial charge in [0.05, 0.1) is 0 Å². The van der Waals surface area contributed by atoms with Crippen LogP contribution in [0.2, 0.25) is 0 Å². The summed E-state index contributed by atoms with van der Waals surface area (Å²) in [6.45, 7) is 4.32. The summed E-state index contributed by atoms with van der Waals surface area (Å²) in [6, 6.07) is 3.81. The largest absolute Gasteiger partial charge is 0.461 e. The lowest BCUT2D eigenvalue weighted by Gasteiger charge is -2.30. The molecule has 0 aliphatic heterocycles. The highest BCUT2D eigenvalue weighted by atomic mass is 16.5. The van der Waals surface area contributed by atoms with Gasteiger partial charge < -0.3 is 10.1 Å². The number of pyridine rings is 1. The van der Waals surface area contributed by atoms with Gasteiger partial charge in [0.25, 0.3) is 0 Å². The second-order valence-corrected chi connectivity index (χ2v) is 8.47. The third-order valence-corrected chi connectivity index (χ3v) is 6.21. The fourth-order valence-electron chi connectivity index (χ4n) is 4.42. The van der Waals surface area contributed by atoms with E-state index in [4.69, 9.17) is 9.94 Å². The summed E-state index contributed by atoms with van der Waals surface area (Å²) in [5, 5.41) is 12.3. The second kappa shape index (κ2) is 11.3. The first-order valence-corrected chi connectivity index (χ1v) is 11.1. The Hall–Kier alpha value is -1.92. The van der Waals surface area contributed by atoms with Crippen LogP contribution in [0, 0.1) is 5.92 Å². The molecular weight excluding hydrogens is 366 g/mol. The molecule has 0 aromatic carbocycles. The molecule has 1 aromatic rings. The van der Waals surface area contributed by atoms with Crippen molar-refractivity contribution in [3.8, 4) is 0 Å². The molecule has 1 heterocycles. The number of nitrogens with zero attached hydrogens (tertiary/aromatic N) is 1. The molecule has 3 rings (SSSR count). The van der Waals surface area contributed by atoms with Gasteiger partial charge in [-0.15, -0.1) is 0 Å². The van der Waals surface area contributed by atoms with Gasteiger partial charge in [0.15, 0.2) is 0 Å².